The van der Waals surface area contributed by atoms with Crippen LogP contribution in [0.4, 0.5) is 5.25 Å². The van der Waals surface area contributed by atoms with E-state index in [1.54, 1.807) is 0 Å². The molecule has 0 aliphatic rings. The van der Waals surface area contributed by atoms with Crippen molar-refractivity contribution in [3.63, 3.8) is 0 Å². The summed E-state index contributed by atoms with van der Waals surface area (Å²) in [6, 6.07) is 43.1. The normalized spacial score (nSPS) is 10.2. The van der Waals surface area contributed by atoms with Crippen LogP contribution in [0.2, 0.25) is 0 Å². The molecular weight excluding hydrogens is 514 g/mol. The van der Waals surface area contributed by atoms with Crippen molar-refractivity contribution in [2.75, 3.05) is 0 Å². The van der Waals surface area contributed by atoms with Crippen molar-refractivity contribution >= 4 is 21.5 Å². The van der Waals surface area contributed by atoms with E-state index in [0.717, 1.165) is 0 Å². The first-order chi connectivity index (χ1) is 17.1. The molecule has 35 heavy (non-hydrogen) atoms. The van der Waals surface area contributed by atoms with Crippen molar-refractivity contribution in [2.45, 2.75) is 13.8 Å². The molecule has 0 aromatic heterocycles. The zero-order chi connectivity index (χ0) is 24.6. The van der Waals surface area contributed by atoms with Gasteiger partial charge in [0, 0.05) is 0 Å². The molecule has 0 bridgehead atoms. The van der Waals surface area contributed by atoms with Gasteiger partial charge in [0.1, 0.15) is 0 Å². The summed E-state index contributed by atoms with van der Waals surface area (Å²) in [5.41, 5.74) is 7.89. The molecule has 0 spiro atoms. The Hall–Kier alpha value is -3.16. The molecule has 3 heteroatoms. The van der Waals surface area contributed by atoms with Crippen molar-refractivity contribution in [2.24, 2.45) is 0 Å². The third-order valence-electron chi connectivity index (χ3n) is 5.96. The van der Waals surface area contributed by atoms with Gasteiger partial charge in [-0.1, -0.05) is 97.8 Å². The first kappa shape index (κ1) is 25.0. The van der Waals surface area contributed by atoms with E-state index in [2.05, 4.69) is 135 Å². The van der Waals surface area contributed by atoms with Crippen LogP contribution in [0.25, 0.3) is 43.8 Å². The van der Waals surface area contributed by atoms with Crippen LogP contribution in [0.1, 0.15) is 11.1 Å². The quantitative estimate of drug-likeness (QED) is 0.192. The maximum atomic E-state index is 9.80. The second-order valence-electron chi connectivity index (χ2n) is 8.49. The second kappa shape index (κ2) is 12.0. The van der Waals surface area contributed by atoms with Gasteiger partial charge in [0.2, 0.25) is 0 Å². The van der Waals surface area contributed by atoms with Gasteiger partial charge in [0.05, 0.1) is 0 Å². The molecule has 0 N–H and O–H groups in total. The van der Waals surface area contributed by atoms with Crippen LogP contribution in [-0.2, 0) is 24.5 Å². The molecular formula is C32H26F2Zr. The first-order valence-electron chi connectivity index (χ1n) is 11.5. The fraction of sp³-hybridized carbons (Fsp3) is 0.0625. The molecule has 6 aromatic rings. The van der Waals surface area contributed by atoms with Crippen LogP contribution < -0.4 is 0 Å². The van der Waals surface area contributed by atoms with Crippen LogP contribution in [0.5, 0.6) is 0 Å². The number of rotatable bonds is 2. The van der Waals surface area contributed by atoms with Crippen LogP contribution in [0.15, 0.2) is 121 Å². The summed E-state index contributed by atoms with van der Waals surface area (Å²) in [6.45, 7) is 4.30. The Balaban J connectivity index is 0.000000149. The van der Waals surface area contributed by atoms with Crippen LogP contribution in [0.3, 0.4) is 0 Å². The Bertz CT molecular complexity index is 1380. The van der Waals surface area contributed by atoms with Gasteiger partial charge in [0.15, 0.2) is 0 Å². The monoisotopic (exact) mass is 538 g/mol. The molecule has 0 saturated heterocycles. The predicted molar refractivity (Wildman–Crippen MR) is 142 cm³/mol. The fourth-order valence-corrected chi connectivity index (χ4v) is 4.51. The van der Waals surface area contributed by atoms with Crippen molar-refractivity contribution in [3.05, 3.63) is 132 Å². The number of halogens is 2. The Morgan fingerprint density at radius 1 is 0.514 bits per heavy atom. The van der Waals surface area contributed by atoms with Gasteiger partial charge in [0.25, 0.3) is 0 Å². The van der Waals surface area contributed by atoms with Crippen LogP contribution >= 0.6 is 0 Å². The van der Waals surface area contributed by atoms with Crippen molar-refractivity contribution < 1.29 is 29.7 Å². The number of aryl methyl sites for hydroxylation is 2. The van der Waals surface area contributed by atoms with Crippen molar-refractivity contribution in [3.8, 4) is 22.3 Å². The molecule has 0 fully saturated rings. The molecule has 0 radical (unpaired) electrons. The Kier molecular flexibility index (Phi) is 8.56. The van der Waals surface area contributed by atoms with E-state index < -0.39 is 24.5 Å². The third kappa shape index (κ3) is 6.10. The number of hydrogen-bond acceptors (Lipinski definition) is 0. The summed E-state index contributed by atoms with van der Waals surface area (Å²) < 4.78 is 19.6. The summed E-state index contributed by atoms with van der Waals surface area (Å²) in [5, 5.41) is 5.37. The van der Waals surface area contributed by atoms with E-state index in [1.807, 2.05) is 0 Å². The third-order valence-corrected chi connectivity index (χ3v) is 5.96. The summed E-state index contributed by atoms with van der Waals surface area (Å²) in [6.07, 6.45) is 0. The molecule has 0 saturated carbocycles. The molecule has 172 valence electrons. The zero-order valence-corrected chi connectivity index (χ0v) is 22.3. The average molecular weight is 540 g/mol. The van der Waals surface area contributed by atoms with Gasteiger partial charge in [-0.2, -0.15) is 12.1 Å². The predicted octanol–water partition coefficient (Wildman–Crippen LogP) is 9.91. The van der Waals surface area contributed by atoms with E-state index >= 15 is 0 Å². The maximum absolute atomic E-state index is 9.80. The SMILES string of the molecule is Cc1cc2c(-c3ccccc3)cccc2[cH-]1.Cc1cc2c(-c3ccccc3)cccc2[cH-]1.[F][Zr+2][F]. The fourth-order valence-electron chi connectivity index (χ4n) is 4.51. The average Bonchev–Trinajstić information content (AvgIpc) is 3.46. The molecule has 0 aliphatic carbocycles. The summed E-state index contributed by atoms with van der Waals surface area (Å²) in [5.74, 6) is 0. The van der Waals surface area contributed by atoms with E-state index in [9.17, 15) is 5.25 Å². The molecule has 0 aliphatic heterocycles. The minimum atomic E-state index is -2.77. The summed E-state index contributed by atoms with van der Waals surface area (Å²) in [7, 11) is 0. The van der Waals surface area contributed by atoms with E-state index in [-0.39, 0.29) is 0 Å². The van der Waals surface area contributed by atoms with Gasteiger partial charge in [-0.3, -0.25) is 0 Å². The molecule has 0 atom stereocenters. The van der Waals surface area contributed by atoms with Gasteiger partial charge < -0.3 is 0 Å². The van der Waals surface area contributed by atoms with Gasteiger partial charge >= 0.3 is 29.7 Å². The Morgan fingerprint density at radius 2 is 0.886 bits per heavy atom. The topological polar surface area (TPSA) is 0 Å². The molecule has 0 amide bonds. The second-order valence-corrected chi connectivity index (χ2v) is 8.84. The number of fused-ring (bicyclic) bond motifs is 2. The van der Waals surface area contributed by atoms with E-state index in [0.29, 0.717) is 0 Å². The summed E-state index contributed by atoms with van der Waals surface area (Å²) >= 11 is -2.77. The van der Waals surface area contributed by atoms with Crippen LogP contribution in [0, 0.1) is 13.8 Å². The number of benzene rings is 4. The first-order valence-corrected chi connectivity index (χ1v) is 13.4. The zero-order valence-electron chi connectivity index (χ0n) is 19.8. The summed E-state index contributed by atoms with van der Waals surface area (Å²) in [4.78, 5) is 0. The van der Waals surface area contributed by atoms with Gasteiger partial charge in [-0.15, -0.1) is 69.1 Å². The van der Waals surface area contributed by atoms with Gasteiger partial charge in [-0.25, -0.2) is 0 Å². The molecule has 0 heterocycles. The van der Waals surface area contributed by atoms with E-state index in [4.69, 9.17) is 0 Å². The van der Waals surface area contributed by atoms with Crippen molar-refractivity contribution in [1.29, 1.82) is 0 Å². The Labute approximate surface area is 218 Å². The molecule has 0 nitrogen and oxygen atoms in total. The minimum absolute atomic E-state index is 1.29. The molecule has 6 rings (SSSR count). The number of hydrogen-bond donors (Lipinski definition) is 0. The van der Waals surface area contributed by atoms with Crippen LogP contribution in [-0.4, -0.2) is 0 Å². The van der Waals surface area contributed by atoms with Crippen molar-refractivity contribution in [1.82, 2.24) is 0 Å². The molecule has 6 aromatic carbocycles. The van der Waals surface area contributed by atoms with Gasteiger partial charge in [-0.05, 0) is 11.1 Å². The van der Waals surface area contributed by atoms with E-state index in [1.165, 1.54) is 54.9 Å². The molecule has 0 unspecified atom stereocenters. The standard InChI is InChI=1S/2C16H13.2FH.Zr/c2*1-12-10-14-8-5-9-15(16(14)11-12)13-6-3-2-4-7-13;;;/h2*2-11H,1H3;2*1H;/q2*-1;;;+4/p-2. The Morgan fingerprint density at radius 3 is 1.26 bits per heavy atom.